The number of methoxy groups -OCH3 is 1. The number of aromatic hydroxyl groups is 1. The Labute approximate surface area is 97.2 Å². The van der Waals surface area contributed by atoms with Gasteiger partial charge in [-0.2, -0.15) is 0 Å². The number of phenols is 1. The van der Waals surface area contributed by atoms with Gasteiger partial charge in [0.15, 0.2) is 5.75 Å². The molecule has 1 rings (SSSR count). The molecule has 7 heteroatoms. The fourth-order valence-electron chi connectivity index (χ4n) is 1.17. The van der Waals surface area contributed by atoms with Crippen molar-refractivity contribution in [3.63, 3.8) is 0 Å². The smallest absolute Gasteiger partial charge is 0.312 e. The molecule has 0 aromatic heterocycles. The van der Waals surface area contributed by atoms with Gasteiger partial charge in [0, 0.05) is 18.9 Å². The molecule has 0 saturated heterocycles. The number of amides is 1. The van der Waals surface area contributed by atoms with Gasteiger partial charge in [-0.3, -0.25) is 14.9 Å². The molecule has 7 nitrogen and oxygen atoms in total. The van der Waals surface area contributed by atoms with Crippen LogP contribution in [0.5, 0.6) is 5.75 Å². The van der Waals surface area contributed by atoms with Gasteiger partial charge in [0.1, 0.15) is 0 Å². The molecule has 1 amide bonds. The van der Waals surface area contributed by atoms with Crippen molar-refractivity contribution < 1.29 is 19.6 Å². The Bertz CT molecular complexity index is 433. The number of nitrogens with zero attached hydrogens (tertiary/aromatic N) is 1. The molecule has 2 N–H and O–H groups in total. The number of nitro groups is 1. The standard InChI is InChI=1S/C10H12N2O5/c1-17-5-4-10(14)11-7-2-3-9(13)8(6-7)12(15)16/h2-3,6,13H,4-5H2,1H3,(H,11,14). The number of anilines is 1. The maximum atomic E-state index is 11.3. The maximum Gasteiger partial charge on any atom is 0.312 e. The van der Waals surface area contributed by atoms with Crippen molar-refractivity contribution in [2.24, 2.45) is 0 Å². The fraction of sp³-hybridized carbons (Fsp3) is 0.300. The van der Waals surface area contributed by atoms with E-state index < -0.39 is 16.4 Å². The zero-order chi connectivity index (χ0) is 12.8. The number of carbonyl (C=O) groups is 1. The summed E-state index contributed by atoms with van der Waals surface area (Å²) in [6.45, 7) is 0.270. The molecule has 0 aliphatic rings. The summed E-state index contributed by atoms with van der Waals surface area (Å²) in [4.78, 5) is 21.1. The van der Waals surface area contributed by atoms with Gasteiger partial charge in [0.2, 0.25) is 5.91 Å². The first-order valence-corrected chi connectivity index (χ1v) is 4.80. The summed E-state index contributed by atoms with van der Waals surface area (Å²) in [5.74, 6) is -0.753. The van der Waals surface area contributed by atoms with Crippen LogP contribution in [-0.4, -0.2) is 29.7 Å². The molecule has 0 bridgehead atoms. The lowest BCUT2D eigenvalue weighted by atomic mass is 10.2. The molecule has 0 radical (unpaired) electrons. The predicted octanol–water partition coefficient (Wildman–Crippen LogP) is 1.28. The Balaban J connectivity index is 2.75. The highest BCUT2D eigenvalue weighted by Gasteiger charge is 2.14. The molecule has 0 aliphatic carbocycles. The number of hydrogen-bond acceptors (Lipinski definition) is 5. The van der Waals surface area contributed by atoms with Crippen LogP contribution in [0.3, 0.4) is 0 Å². The quantitative estimate of drug-likeness (QED) is 0.458. The lowest BCUT2D eigenvalue weighted by Crippen LogP contribution is -2.13. The van der Waals surface area contributed by atoms with Gasteiger partial charge in [-0.25, -0.2) is 0 Å². The second-order valence-electron chi connectivity index (χ2n) is 3.25. The number of hydrogen-bond donors (Lipinski definition) is 2. The molecule has 0 saturated carbocycles. The number of nitrogens with one attached hydrogen (secondary N) is 1. The van der Waals surface area contributed by atoms with Crippen LogP contribution in [0, 0.1) is 10.1 Å². The number of rotatable bonds is 5. The number of phenolic OH excluding ortho intramolecular Hbond substituents is 1. The Morgan fingerprint density at radius 2 is 2.29 bits per heavy atom. The zero-order valence-corrected chi connectivity index (χ0v) is 9.17. The summed E-state index contributed by atoms with van der Waals surface area (Å²) in [6, 6.07) is 3.64. The normalized spacial score (nSPS) is 9.94. The van der Waals surface area contributed by atoms with Crippen LogP contribution in [-0.2, 0) is 9.53 Å². The van der Waals surface area contributed by atoms with E-state index in [0.717, 1.165) is 12.1 Å². The fourth-order valence-corrected chi connectivity index (χ4v) is 1.17. The van der Waals surface area contributed by atoms with E-state index in [0.29, 0.717) is 0 Å². The molecule has 0 atom stereocenters. The summed E-state index contributed by atoms with van der Waals surface area (Å²) in [5, 5.41) is 22.2. The van der Waals surface area contributed by atoms with Crippen LogP contribution >= 0.6 is 0 Å². The number of nitro benzene ring substituents is 1. The van der Waals surface area contributed by atoms with E-state index in [2.05, 4.69) is 5.32 Å². The summed E-state index contributed by atoms with van der Waals surface area (Å²) in [5.41, 5.74) is -0.190. The number of carbonyl (C=O) groups excluding carboxylic acids is 1. The highest BCUT2D eigenvalue weighted by atomic mass is 16.6. The second kappa shape index (κ2) is 5.80. The minimum absolute atomic E-state index is 0.158. The van der Waals surface area contributed by atoms with Crippen LogP contribution in [0.1, 0.15) is 6.42 Å². The van der Waals surface area contributed by atoms with Gasteiger partial charge in [0.25, 0.3) is 0 Å². The molecule has 0 spiro atoms. The van der Waals surface area contributed by atoms with Crippen molar-refractivity contribution in [2.45, 2.75) is 6.42 Å². The molecule has 1 aromatic carbocycles. The topological polar surface area (TPSA) is 102 Å². The monoisotopic (exact) mass is 240 g/mol. The van der Waals surface area contributed by atoms with Crippen LogP contribution in [0.2, 0.25) is 0 Å². The van der Waals surface area contributed by atoms with E-state index in [9.17, 15) is 20.0 Å². The van der Waals surface area contributed by atoms with Crippen molar-refractivity contribution in [3.8, 4) is 5.75 Å². The molecule has 0 aliphatic heterocycles. The largest absolute Gasteiger partial charge is 0.502 e. The first-order chi connectivity index (χ1) is 8.04. The molecule has 17 heavy (non-hydrogen) atoms. The Morgan fingerprint density at radius 1 is 1.59 bits per heavy atom. The SMILES string of the molecule is COCCC(=O)Nc1ccc(O)c([N+](=O)[O-])c1. The van der Waals surface area contributed by atoms with Gasteiger partial charge in [-0.05, 0) is 12.1 Å². The van der Waals surface area contributed by atoms with Crippen LogP contribution in [0.4, 0.5) is 11.4 Å². The molecular formula is C10H12N2O5. The molecule has 92 valence electrons. The average Bonchev–Trinajstić information content (AvgIpc) is 2.28. The average molecular weight is 240 g/mol. The van der Waals surface area contributed by atoms with E-state index in [4.69, 9.17) is 4.74 Å². The van der Waals surface area contributed by atoms with Crippen molar-refractivity contribution in [1.82, 2.24) is 0 Å². The Hall–Kier alpha value is -2.15. The van der Waals surface area contributed by atoms with Crippen LogP contribution < -0.4 is 5.32 Å². The summed E-state index contributed by atoms with van der Waals surface area (Å²) in [6.07, 6.45) is 0.158. The zero-order valence-electron chi connectivity index (χ0n) is 9.17. The van der Waals surface area contributed by atoms with Crippen LogP contribution in [0.15, 0.2) is 18.2 Å². The Morgan fingerprint density at radius 3 is 2.88 bits per heavy atom. The third-order valence-corrected chi connectivity index (χ3v) is 1.99. The summed E-state index contributed by atoms with van der Waals surface area (Å²) in [7, 11) is 1.47. The van der Waals surface area contributed by atoms with Crippen LogP contribution in [0.25, 0.3) is 0 Å². The van der Waals surface area contributed by atoms with Crippen molar-refractivity contribution >= 4 is 17.3 Å². The number of benzene rings is 1. The van der Waals surface area contributed by atoms with Crippen molar-refractivity contribution in [1.29, 1.82) is 0 Å². The van der Waals surface area contributed by atoms with Gasteiger partial charge >= 0.3 is 5.69 Å². The minimum atomic E-state index is -0.722. The van der Waals surface area contributed by atoms with Gasteiger partial charge in [0.05, 0.1) is 18.0 Å². The van der Waals surface area contributed by atoms with E-state index >= 15 is 0 Å². The lowest BCUT2D eigenvalue weighted by molar-refractivity contribution is -0.385. The Kier molecular flexibility index (Phi) is 4.41. The van der Waals surface area contributed by atoms with E-state index in [-0.39, 0.29) is 24.6 Å². The summed E-state index contributed by atoms with van der Waals surface area (Å²) < 4.78 is 4.72. The van der Waals surface area contributed by atoms with Gasteiger partial charge in [-0.15, -0.1) is 0 Å². The maximum absolute atomic E-state index is 11.3. The third kappa shape index (κ3) is 3.72. The predicted molar refractivity (Wildman–Crippen MR) is 59.9 cm³/mol. The number of ether oxygens (including phenoxy) is 1. The molecule has 0 fully saturated rings. The first-order valence-electron chi connectivity index (χ1n) is 4.80. The van der Waals surface area contributed by atoms with Crippen molar-refractivity contribution in [2.75, 3.05) is 19.0 Å². The third-order valence-electron chi connectivity index (χ3n) is 1.99. The molecule has 1 aromatic rings. The van der Waals surface area contributed by atoms with Gasteiger partial charge in [-0.1, -0.05) is 0 Å². The lowest BCUT2D eigenvalue weighted by Gasteiger charge is -2.05. The van der Waals surface area contributed by atoms with Gasteiger partial charge < -0.3 is 15.2 Å². The summed E-state index contributed by atoms with van der Waals surface area (Å²) >= 11 is 0. The minimum Gasteiger partial charge on any atom is -0.502 e. The van der Waals surface area contributed by atoms with Crippen molar-refractivity contribution in [3.05, 3.63) is 28.3 Å². The van der Waals surface area contributed by atoms with E-state index in [1.54, 1.807) is 0 Å². The highest BCUT2D eigenvalue weighted by molar-refractivity contribution is 5.91. The van der Waals surface area contributed by atoms with E-state index in [1.807, 2.05) is 0 Å². The highest BCUT2D eigenvalue weighted by Crippen LogP contribution is 2.28. The molecule has 0 heterocycles. The first kappa shape index (κ1) is 12.9. The molecular weight excluding hydrogens is 228 g/mol. The van der Waals surface area contributed by atoms with E-state index in [1.165, 1.54) is 13.2 Å². The molecule has 0 unspecified atom stereocenters. The second-order valence-corrected chi connectivity index (χ2v) is 3.25.